The van der Waals surface area contributed by atoms with Crippen LogP contribution >= 0.6 is 11.6 Å². The molecule has 0 N–H and O–H groups in total. The maximum atomic E-state index is 12.1. The smallest absolute Gasteiger partial charge is 0.341 e. The van der Waals surface area contributed by atoms with Crippen molar-refractivity contribution in [2.24, 2.45) is 0 Å². The van der Waals surface area contributed by atoms with Gasteiger partial charge in [0.05, 0.1) is 12.1 Å². The van der Waals surface area contributed by atoms with Gasteiger partial charge in [0.2, 0.25) is 0 Å². The second-order valence-electron chi connectivity index (χ2n) is 5.82. The Morgan fingerprint density at radius 1 is 0.815 bits per heavy atom. The Morgan fingerprint density at radius 2 is 1.33 bits per heavy atom. The molecule has 0 aromatic heterocycles. The van der Waals surface area contributed by atoms with E-state index in [0.29, 0.717) is 29.7 Å². The second kappa shape index (κ2) is 9.10. The highest BCUT2D eigenvalue weighted by atomic mass is 35.5. The Kier molecular flexibility index (Phi) is 6.34. The zero-order chi connectivity index (χ0) is 19.1. The van der Waals surface area contributed by atoms with Crippen LogP contribution in [-0.4, -0.2) is 13.1 Å². The van der Waals surface area contributed by atoms with Gasteiger partial charge in [-0.1, -0.05) is 72.3 Å². The molecular weight excluding hydrogens is 364 g/mol. The molecule has 0 unspecified atom stereocenters. The lowest BCUT2D eigenvalue weighted by Gasteiger charge is -2.14. The van der Waals surface area contributed by atoms with E-state index >= 15 is 0 Å². The van der Waals surface area contributed by atoms with E-state index in [1.54, 1.807) is 6.07 Å². The number of hydrogen-bond acceptors (Lipinski definition) is 4. The first kappa shape index (κ1) is 18.8. The third-order valence-electron chi connectivity index (χ3n) is 3.91. The molecule has 0 saturated heterocycles. The van der Waals surface area contributed by atoms with Crippen LogP contribution in [0.2, 0.25) is 5.02 Å². The number of methoxy groups -OCH3 is 1. The molecule has 0 heterocycles. The van der Waals surface area contributed by atoms with E-state index in [-0.39, 0.29) is 5.56 Å². The molecule has 0 spiro atoms. The second-order valence-corrected chi connectivity index (χ2v) is 6.23. The summed E-state index contributed by atoms with van der Waals surface area (Å²) in [6.45, 7) is 0.668. The number of carbonyl (C=O) groups excluding carboxylic acids is 1. The third kappa shape index (κ3) is 5.02. The van der Waals surface area contributed by atoms with Gasteiger partial charge in [0.25, 0.3) is 0 Å². The fourth-order valence-corrected chi connectivity index (χ4v) is 2.72. The van der Waals surface area contributed by atoms with Gasteiger partial charge in [-0.2, -0.15) is 0 Å². The van der Waals surface area contributed by atoms with Crippen molar-refractivity contribution in [2.45, 2.75) is 13.2 Å². The number of carbonyl (C=O) groups is 1. The molecule has 0 aliphatic heterocycles. The Balaban J connectivity index is 1.82. The molecule has 0 fully saturated rings. The van der Waals surface area contributed by atoms with E-state index < -0.39 is 5.97 Å². The van der Waals surface area contributed by atoms with Gasteiger partial charge < -0.3 is 14.2 Å². The Morgan fingerprint density at radius 3 is 1.85 bits per heavy atom. The Bertz CT molecular complexity index is 895. The van der Waals surface area contributed by atoms with Crippen molar-refractivity contribution in [3.63, 3.8) is 0 Å². The molecule has 0 radical (unpaired) electrons. The summed E-state index contributed by atoms with van der Waals surface area (Å²) >= 11 is 6.30. The summed E-state index contributed by atoms with van der Waals surface area (Å²) in [7, 11) is 1.32. The molecule has 0 bridgehead atoms. The number of esters is 1. The van der Waals surface area contributed by atoms with Crippen molar-refractivity contribution >= 4 is 17.6 Å². The fraction of sp³-hybridized carbons (Fsp3) is 0.136. The molecule has 3 aromatic rings. The average Bonchev–Trinajstić information content (AvgIpc) is 2.72. The molecule has 0 atom stereocenters. The van der Waals surface area contributed by atoms with Gasteiger partial charge in [0, 0.05) is 6.07 Å². The highest BCUT2D eigenvalue weighted by Gasteiger charge is 2.18. The largest absolute Gasteiger partial charge is 0.488 e. The number of halogens is 1. The van der Waals surface area contributed by atoms with Crippen molar-refractivity contribution in [2.75, 3.05) is 7.11 Å². The van der Waals surface area contributed by atoms with E-state index in [0.717, 1.165) is 11.1 Å². The molecule has 0 saturated carbocycles. The van der Waals surface area contributed by atoms with Crippen LogP contribution in [0.25, 0.3) is 0 Å². The molecule has 27 heavy (non-hydrogen) atoms. The lowest BCUT2D eigenvalue weighted by molar-refractivity contribution is 0.0595. The molecule has 0 amide bonds. The predicted octanol–water partition coefficient (Wildman–Crippen LogP) is 5.28. The van der Waals surface area contributed by atoms with Crippen LogP contribution in [0.4, 0.5) is 0 Å². The molecule has 5 heteroatoms. The van der Waals surface area contributed by atoms with Crippen LogP contribution in [0.3, 0.4) is 0 Å². The fourth-order valence-electron chi connectivity index (χ4n) is 2.50. The van der Waals surface area contributed by atoms with Crippen LogP contribution < -0.4 is 9.47 Å². The van der Waals surface area contributed by atoms with E-state index in [9.17, 15) is 4.79 Å². The van der Waals surface area contributed by atoms with Gasteiger partial charge in [-0.3, -0.25) is 0 Å². The van der Waals surface area contributed by atoms with Crippen molar-refractivity contribution < 1.29 is 19.0 Å². The lowest BCUT2D eigenvalue weighted by atomic mass is 10.2. The Labute approximate surface area is 163 Å². The topological polar surface area (TPSA) is 44.8 Å². The number of ether oxygens (including phenoxy) is 3. The zero-order valence-electron chi connectivity index (χ0n) is 14.9. The highest BCUT2D eigenvalue weighted by Crippen LogP contribution is 2.34. The van der Waals surface area contributed by atoms with Gasteiger partial charge in [0.15, 0.2) is 0 Å². The van der Waals surface area contributed by atoms with Crippen molar-refractivity contribution in [1.29, 1.82) is 0 Å². The maximum Gasteiger partial charge on any atom is 0.341 e. The van der Waals surface area contributed by atoms with Gasteiger partial charge in [-0.25, -0.2) is 4.79 Å². The first-order valence-corrected chi connectivity index (χ1v) is 8.80. The summed E-state index contributed by atoms with van der Waals surface area (Å²) in [6, 6.07) is 22.6. The van der Waals surface area contributed by atoms with E-state index in [1.807, 2.05) is 60.7 Å². The quantitative estimate of drug-likeness (QED) is 0.521. The number of benzene rings is 3. The van der Waals surface area contributed by atoms with Crippen LogP contribution in [0.15, 0.2) is 72.8 Å². The molecule has 0 aliphatic carbocycles. The number of hydrogen-bond donors (Lipinski definition) is 0. The maximum absolute atomic E-state index is 12.1. The molecule has 0 aliphatic rings. The van der Waals surface area contributed by atoms with Crippen LogP contribution in [0.1, 0.15) is 21.5 Å². The van der Waals surface area contributed by atoms with Crippen LogP contribution in [-0.2, 0) is 18.0 Å². The normalized spacial score (nSPS) is 10.3. The minimum absolute atomic E-state index is 0.255. The summed E-state index contributed by atoms with van der Waals surface area (Å²) in [5.41, 5.74) is 2.25. The molecule has 3 rings (SSSR count). The number of rotatable bonds is 7. The minimum atomic E-state index is -0.519. The van der Waals surface area contributed by atoms with Crippen LogP contribution in [0, 0.1) is 0 Å². The van der Waals surface area contributed by atoms with Crippen molar-refractivity contribution in [3.8, 4) is 11.5 Å². The van der Waals surface area contributed by atoms with Crippen molar-refractivity contribution in [3.05, 3.63) is 94.5 Å². The van der Waals surface area contributed by atoms with Crippen LogP contribution in [0.5, 0.6) is 11.5 Å². The van der Waals surface area contributed by atoms with Gasteiger partial charge in [-0.05, 0) is 17.2 Å². The van der Waals surface area contributed by atoms with E-state index in [4.69, 9.17) is 25.8 Å². The molecule has 4 nitrogen and oxygen atoms in total. The lowest BCUT2D eigenvalue weighted by Crippen LogP contribution is -2.07. The summed E-state index contributed by atoms with van der Waals surface area (Å²) in [6.07, 6.45) is 0. The predicted molar refractivity (Wildman–Crippen MR) is 104 cm³/mol. The third-order valence-corrected chi connectivity index (χ3v) is 4.21. The Hall–Kier alpha value is -2.98. The molecule has 138 valence electrons. The molecule has 3 aromatic carbocycles. The average molecular weight is 383 g/mol. The van der Waals surface area contributed by atoms with E-state index in [2.05, 4.69) is 0 Å². The van der Waals surface area contributed by atoms with E-state index in [1.165, 1.54) is 13.2 Å². The summed E-state index contributed by atoms with van der Waals surface area (Å²) in [5, 5.41) is 0.318. The molecular formula is C22H19ClO4. The summed E-state index contributed by atoms with van der Waals surface area (Å²) < 4.78 is 16.5. The SMILES string of the molecule is COC(=O)c1cc(Cl)c(OCc2ccccc2)cc1OCc1ccccc1. The standard InChI is InChI=1S/C22H19ClO4/c1-25-22(24)18-12-19(23)21(27-15-17-10-6-3-7-11-17)13-20(18)26-14-16-8-4-2-5-9-16/h2-13H,14-15H2,1H3. The van der Waals surface area contributed by atoms with Gasteiger partial charge >= 0.3 is 5.97 Å². The van der Waals surface area contributed by atoms with Gasteiger partial charge in [-0.15, -0.1) is 0 Å². The summed E-state index contributed by atoms with van der Waals surface area (Å²) in [4.78, 5) is 12.1. The minimum Gasteiger partial charge on any atom is -0.488 e. The summed E-state index contributed by atoms with van der Waals surface area (Å²) in [5.74, 6) is 0.281. The van der Waals surface area contributed by atoms with Gasteiger partial charge in [0.1, 0.15) is 30.3 Å². The first-order valence-electron chi connectivity index (χ1n) is 8.42. The first-order chi connectivity index (χ1) is 13.2. The van der Waals surface area contributed by atoms with Crippen molar-refractivity contribution in [1.82, 2.24) is 0 Å². The monoisotopic (exact) mass is 382 g/mol. The highest BCUT2D eigenvalue weighted by molar-refractivity contribution is 6.32. The zero-order valence-corrected chi connectivity index (χ0v) is 15.6.